The molecular formula is C10H19F. The fourth-order valence-electron chi connectivity index (χ4n) is 1.93. The van der Waals surface area contributed by atoms with Gasteiger partial charge in [0.2, 0.25) is 0 Å². The molecule has 0 heterocycles. The lowest BCUT2D eigenvalue weighted by molar-refractivity contribution is 0.163. The fourth-order valence-corrected chi connectivity index (χ4v) is 1.93. The van der Waals surface area contributed by atoms with Gasteiger partial charge in [-0.1, -0.05) is 20.8 Å². The SMILES string of the molecule is CC1(F)CCC(C(C)(C)C)C1. The van der Waals surface area contributed by atoms with Gasteiger partial charge in [0.05, 0.1) is 0 Å². The molecule has 0 aromatic heterocycles. The molecule has 0 aromatic carbocycles. The fraction of sp³-hybridized carbons (Fsp3) is 1.00. The van der Waals surface area contributed by atoms with Gasteiger partial charge >= 0.3 is 0 Å². The highest BCUT2D eigenvalue weighted by Gasteiger charge is 2.39. The van der Waals surface area contributed by atoms with Gasteiger partial charge in [-0.15, -0.1) is 0 Å². The summed E-state index contributed by atoms with van der Waals surface area (Å²) in [6.45, 7) is 8.36. The summed E-state index contributed by atoms with van der Waals surface area (Å²) in [4.78, 5) is 0. The van der Waals surface area contributed by atoms with Gasteiger partial charge in [0.25, 0.3) is 0 Å². The van der Waals surface area contributed by atoms with E-state index in [4.69, 9.17) is 0 Å². The molecule has 1 rings (SSSR count). The Balaban J connectivity index is 2.55. The molecule has 0 N–H and O–H groups in total. The van der Waals surface area contributed by atoms with Crippen LogP contribution in [0.3, 0.4) is 0 Å². The van der Waals surface area contributed by atoms with Crippen LogP contribution >= 0.6 is 0 Å². The van der Waals surface area contributed by atoms with Crippen LogP contribution in [0.25, 0.3) is 0 Å². The molecule has 2 unspecified atom stereocenters. The lowest BCUT2D eigenvalue weighted by atomic mass is 9.79. The first-order chi connectivity index (χ1) is 4.81. The Bertz CT molecular complexity index is 141. The highest BCUT2D eigenvalue weighted by atomic mass is 19.1. The first-order valence-corrected chi connectivity index (χ1v) is 4.50. The van der Waals surface area contributed by atoms with E-state index in [1.54, 1.807) is 6.92 Å². The highest BCUT2D eigenvalue weighted by Crippen LogP contribution is 2.45. The molecule has 66 valence electrons. The first-order valence-electron chi connectivity index (χ1n) is 4.50. The van der Waals surface area contributed by atoms with Gasteiger partial charge in [0, 0.05) is 0 Å². The van der Waals surface area contributed by atoms with Crippen LogP contribution in [0.1, 0.15) is 47.0 Å². The van der Waals surface area contributed by atoms with Crippen LogP contribution in [0.15, 0.2) is 0 Å². The number of halogens is 1. The minimum Gasteiger partial charge on any atom is -0.244 e. The third-order valence-electron chi connectivity index (χ3n) is 2.91. The molecule has 1 saturated carbocycles. The summed E-state index contributed by atoms with van der Waals surface area (Å²) in [6.07, 6.45) is 2.59. The molecule has 1 fully saturated rings. The van der Waals surface area contributed by atoms with E-state index in [-0.39, 0.29) is 0 Å². The first kappa shape index (κ1) is 9.02. The largest absolute Gasteiger partial charge is 0.244 e. The molecule has 0 amide bonds. The third-order valence-corrected chi connectivity index (χ3v) is 2.91. The van der Waals surface area contributed by atoms with Crippen molar-refractivity contribution in [2.45, 2.75) is 52.6 Å². The van der Waals surface area contributed by atoms with Gasteiger partial charge in [-0.3, -0.25) is 0 Å². The minimum absolute atomic E-state index is 0.295. The Morgan fingerprint density at radius 1 is 1.36 bits per heavy atom. The van der Waals surface area contributed by atoms with Gasteiger partial charge < -0.3 is 0 Å². The molecule has 0 aliphatic heterocycles. The van der Waals surface area contributed by atoms with E-state index < -0.39 is 5.67 Å². The second-order valence-corrected chi connectivity index (χ2v) is 5.22. The lowest BCUT2D eigenvalue weighted by Crippen LogP contribution is -2.20. The second kappa shape index (κ2) is 2.46. The second-order valence-electron chi connectivity index (χ2n) is 5.22. The Morgan fingerprint density at radius 2 is 1.91 bits per heavy atom. The van der Waals surface area contributed by atoms with Crippen molar-refractivity contribution in [3.05, 3.63) is 0 Å². The van der Waals surface area contributed by atoms with Crippen molar-refractivity contribution in [1.29, 1.82) is 0 Å². The zero-order chi connectivity index (χ0) is 8.70. The summed E-state index contributed by atoms with van der Waals surface area (Å²) in [5, 5.41) is 0. The van der Waals surface area contributed by atoms with E-state index in [9.17, 15) is 4.39 Å². The maximum Gasteiger partial charge on any atom is 0.108 e. The van der Waals surface area contributed by atoms with Crippen LogP contribution in [0.4, 0.5) is 4.39 Å². The Morgan fingerprint density at radius 3 is 2.09 bits per heavy atom. The van der Waals surface area contributed by atoms with Crippen LogP contribution in [-0.2, 0) is 0 Å². The Kier molecular flexibility index (Phi) is 2.02. The van der Waals surface area contributed by atoms with Crippen molar-refractivity contribution >= 4 is 0 Å². The van der Waals surface area contributed by atoms with Crippen LogP contribution in [0.5, 0.6) is 0 Å². The summed E-state index contributed by atoms with van der Waals surface area (Å²) >= 11 is 0. The Labute approximate surface area is 69.2 Å². The third kappa shape index (κ3) is 2.18. The molecule has 0 radical (unpaired) electrons. The summed E-state index contributed by atoms with van der Waals surface area (Å²) in [5.74, 6) is 0.581. The highest BCUT2D eigenvalue weighted by molar-refractivity contribution is 4.90. The zero-order valence-electron chi connectivity index (χ0n) is 8.08. The van der Waals surface area contributed by atoms with Crippen molar-refractivity contribution in [2.75, 3.05) is 0 Å². The maximum absolute atomic E-state index is 13.4. The monoisotopic (exact) mass is 158 g/mol. The normalized spacial score (nSPS) is 39.5. The van der Waals surface area contributed by atoms with Gasteiger partial charge in [-0.05, 0) is 37.5 Å². The average molecular weight is 158 g/mol. The molecule has 0 saturated heterocycles. The number of hydrogen-bond acceptors (Lipinski definition) is 0. The van der Waals surface area contributed by atoms with E-state index in [2.05, 4.69) is 20.8 Å². The van der Waals surface area contributed by atoms with Crippen LogP contribution < -0.4 is 0 Å². The van der Waals surface area contributed by atoms with Crippen molar-refractivity contribution in [3.63, 3.8) is 0 Å². The smallest absolute Gasteiger partial charge is 0.108 e. The molecule has 11 heavy (non-hydrogen) atoms. The van der Waals surface area contributed by atoms with Gasteiger partial charge in [-0.2, -0.15) is 0 Å². The average Bonchev–Trinajstić information content (AvgIpc) is 2.07. The topological polar surface area (TPSA) is 0 Å². The molecule has 0 aromatic rings. The van der Waals surface area contributed by atoms with Gasteiger partial charge in [0.15, 0.2) is 0 Å². The van der Waals surface area contributed by atoms with E-state index in [0.29, 0.717) is 11.3 Å². The summed E-state index contributed by atoms with van der Waals surface area (Å²) in [7, 11) is 0. The van der Waals surface area contributed by atoms with Gasteiger partial charge in [-0.25, -0.2) is 4.39 Å². The molecular weight excluding hydrogens is 139 g/mol. The van der Waals surface area contributed by atoms with E-state index >= 15 is 0 Å². The molecule has 2 atom stereocenters. The predicted molar refractivity (Wildman–Crippen MR) is 46.3 cm³/mol. The Hall–Kier alpha value is -0.0700. The number of hydrogen-bond donors (Lipinski definition) is 0. The zero-order valence-corrected chi connectivity index (χ0v) is 8.08. The summed E-state index contributed by atoms with van der Waals surface area (Å²) in [5.41, 5.74) is -0.582. The minimum atomic E-state index is -0.877. The quantitative estimate of drug-likeness (QED) is 0.505. The molecule has 1 aliphatic rings. The molecule has 0 nitrogen and oxygen atoms in total. The van der Waals surface area contributed by atoms with Crippen molar-refractivity contribution < 1.29 is 4.39 Å². The van der Waals surface area contributed by atoms with Crippen LogP contribution in [0, 0.1) is 11.3 Å². The lowest BCUT2D eigenvalue weighted by Gasteiger charge is -2.27. The van der Waals surface area contributed by atoms with E-state index in [1.807, 2.05) is 0 Å². The van der Waals surface area contributed by atoms with E-state index in [0.717, 1.165) is 19.3 Å². The predicted octanol–water partition coefficient (Wildman–Crippen LogP) is 3.56. The van der Waals surface area contributed by atoms with E-state index in [1.165, 1.54) is 0 Å². The molecule has 1 aliphatic carbocycles. The molecule has 1 heteroatoms. The van der Waals surface area contributed by atoms with Gasteiger partial charge in [0.1, 0.15) is 5.67 Å². The number of alkyl halides is 1. The van der Waals surface area contributed by atoms with Crippen molar-refractivity contribution in [3.8, 4) is 0 Å². The standard InChI is InChI=1S/C10H19F/c1-9(2,3)8-5-6-10(4,11)7-8/h8H,5-7H2,1-4H3. The molecule has 0 bridgehead atoms. The number of rotatable bonds is 0. The van der Waals surface area contributed by atoms with Crippen molar-refractivity contribution in [1.82, 2.24) is 0 Å². The summed E-state index contributed by atoms with van der Waals surface area (Å²) < 4.78 is 13.4. The summed E-state index contributed by atoms with van der Waals surface area (Å²) in [6, 6.07) is 0. The van der Waals surface area contributed by atoms with Crippen molar-refractivity contribution in [2.24, 2.45) is 11.3 Å². The van der Waals surface area contributed by atoms with Crippen LogP contribution in [-0.4, -0.2) is 5.67 Å². The van der Waals surface area contributed by atoms with Crippen LogP contribution in [0.2, 0.25) is 0 Å². The maximum atomic E-state index is 13.4. The molecule has 0 spiro atoms.